The molecular weight excluding hydrogens is 897 g/mol. The Hall–Kier alpha value is -4.25. The molecule has 2 aromatic rings. The summed E-state index contributed by atoms with van der Waals surface area (Å²) in [6.07, 6.45) is 10.5. The Labute approximate surface area is 419 Å². The van der Waals surface area contributed by atoms with Crippen LogP contribution in [0.5, 0.6) is 5.75 Å². The summed E-state index contributed by atoms with van der Waals surface area (Å²) in [5.41, 5.74) is -1.27. The third kappa shape index (κ3) is 8.55. The maximum Gasteiger partial charge on any atom is 0.313 e. The minimum Gasteiger partial charge on any atom is -0.508 e. The summed E-state index contributed by atoms with van der Waals surface area (Å²) >= 11 is 0. The molecule has 8 aliphatic rings. The molecule has 0 amide bonds. The third-order valence-electron chi connectivity index (χ3n) is 20.7. The Kier molecular flexibility index (Phi) is 13.4. The van der Waals surface area contributed by atoms with Gasteiger partial charge in [0.25, 0.3) is 0 Å². The van der Waals surface area contributed by atoms with Gasteiger partial charge in [-0.2, -0.15) is 0 Å². The summed E-state index contributed by atoms with van der Waals surface area (Å²) < 4.78 is 5.90. The Bertz CT molecular complexity index is 2490. The number of esters is 1. The van der Waals surface area contributed by atoms with Gasteiger partial charge < -0.3 is 45.7 Å². The van der Waals surface area contributed by atoms with Crippen LogP contribution in [0.4, 0.5) is 0 Å². The van der Waals surface area contributed by atoms with E-state index in [0.29, 0.717) is 49.5 Å². The van der Waals surface area contributed by atoms with Crippen LogP contribution in [0.3, 0.4) is 0 Å². The largest absolute Gasteiger partial charge is 0.508 e. The number of carbonyl (C=O) groups excluding carboxylic acids is 3. The van der Waals surface area contributed by atoms with Gasteiger partial charge in [0, 0.05) is 54.3 Å². The van der Waals surface area contributed by atoms with Crippen LogP contribution < -0.4 is 5.32 Å². The van der Waals surface area contributed by atoms with Crippen molar-refractivity contribution in [1.29, 1.82) is 0 Å². The van der Waals surface area contributed by atoms with Crippen molar-refractivity contribution in [3.8, 4) is 17.6 Å². The number of H-pyrrole nitrogens is 1. The lowest BCUT2D eigenvalue weighted by atomic mass is 9.45. The van der Waals surface area contributed by atoms with Crippen LogP contribution in [-0.4, -0.2) is 95.8 Å². The second-order valence-electron chi connectivity index (χ2n) is 24.7. The number of cyclic esters (lactones) is 1. The number of ketones is 2. The van der Waals surface area contributed by atoms with Crippen molar-refractivity contribution in [1.82, 2.24) is 10.3 Å². The second-order valence-corrected chi connectivity index (χ2v) is 24.7. The number of hydrogen-bond acceptors (Lipinski definition) is 11. The van der Waals surface area contributed by atoms with Gasteiger partial charge in [0.2, 0.25) is 0 Å². The number of phenolic OH excluding ortho intramolecular Hbond substituents is 1. The van der Waals surface area contributed by atoms with Crippen molar-refractivity contribution in [2.75, 3.05) is 13.2 Å². The number of phenols is 1. The first-order chi connectivity index (χ1) is 33.7. The zero-order valence-electron chi connectivity index (χ0n) is 42.4. The Balaban J connectivity index is 1.06. The minimum absolute atomic E-state index is 0.0149. The number of rotatable bonds is 8. The van der Waals surface area contributed by atoms with E-state index in [9.17, 15) is 40.2 Å². The highest BCUT2D eigenvalue weighted by Gasteiger charge is 2.72. The topological polar surface area (TPSA) is 210 Å². The predicted octanol–water partition coefficient (Wildman–Crippen LogP) is 7.08. The molecule has 10 rings (SSSR count). The average molecular weight is 975 g/mol. The highest BCUT2D eigenvalue weighted by Crippen LogP contribution is 2.71. The third-order valence-corrected chi connectivity index (χ3v) is 20.7. The van der Waals surface area contributed by atoms with Gasteiger partial charge in [0.15, 0.2) is 11.6 Å². The lowest BCUT2D eigenvalue weighted by Gasteiger charge is -2.61. The minimum atomic E-state index is -1.70. The molecule has 1 saturated heterocycles. The molecule has 1 aromatic carbocycles. The molecule has 4 saturated carbocycles. The molecule has 2 heterocycles. The fraction of sp³-hybridized carbons (Fsp3) is 0.678. The van der Waals surface area contributed by atoms with Crippen LogP contribution in [0.25, 0.3) is 0 Å². The fourth-order valence-electron chi connectivity index (χ4n) is 16.9. The van der Waals surface area contributed by atoms with Crippen LogP contribution in [-0.2, 0) is 25.5 Å². The summed E-state index contributed by atoms with van der Waals surface area (Å²) in [5, 5.41) is 75.3. The Morgan fingerprint density at radius 2 is 1.69 bits per heavy atom. The molecular formula is C59H78N2O10. The number of hydrogen-bond donors (Lipinski definition) is 8. The molecule has 0 bridgehead atoms. The van der Waals surface area contributed by atoms with Crippen LogP contribution >= 0.6 is 0 Å². The van der Waals surface area contributed by atoms with Crippen molar-refractivity contribution >= 4 is 17.5 Å². The molecule has 0 spiro atoms. The van der Waals surface area contributed by atoms with Crippen molar-refractivity contribution in [3.05, 3.63) is 76.8 Å². The molecule has 19 atom stereocenters. The molecule has 71 heavy (non-hydrogen) atoms. The van der Waals surface area contributed by atoms with Crippen LogP contribution in [0.1, 0.15) is 135 Å². The zero-order chi connectivity index (χ0) is 50.4. The Morgan fingerprint density at radius 1 is 0.915 bits per heavy atom. The monoisotopic (exact) mass is 975 g/mol. The number of fused-ring (bicyclic) bond motifs is 10. The first-order valence-corrected chi connectivity index (χ1v) is 27.0. The number of aromatic amines is 1. The summed E-state index contributed by atoms with van der Waals surface area (Å²) in [4.78, 5) is 45.7. The summed E-state index contributed by atoms with van der Waals surface area (Å²) in [6, 6.07) is 8.66. The smallest absolute Gasteiger partial charge is 0.313 e. The molecule has 8 N–H and O–H groups in total. The van der Waals surface area contributed by atoms with Gasteiger partial charge in [0.1, 0.15) is 5.75 Å². The normalized spacial score (nSPS) is 44.3. The van der Waals surface area contributed by atoms with E-state index < -0.39 is 69.9 Å². The molecule has 12 heteroatoms. The van der Waals surface area contributed by atoms with Gasteiger partial charge in [0.05, 0.1) is 54.3 Å². The van der Waals surface area contributed by atoms with Gasteiger partial charge in [-0.1, -0.05) is 57.4 Å². The van der Waals surface area contributed by atoms with E-state index in [1.165, 1.54) is 12.0 Å². The maximum atomic E-state index is 15.2. The lowest BCUT2D eigenvalue weighted by Crippen LogP contribution is -2.64. The standard InChI is InChI=1S/C59H78N2O10/c1-32-9-13-35-14-18-41-33(2)24-49(66)58(5,69)54-37(8-6-7-36(25-43(41)42(35)23-32)44-31-71-55(68)50(44)38-20-22-60-29-38)27-59(70)51-45(19-21-57(54,59)4)56(3)28-48(65)47(64)26-46(56)53(67)52(51)61-30-40(63)17-12-34-10-15-39(62)16-11-34/h10-11,14-16,20,22,29,32-33,36-37,41-50,54,60-62,64-66,69-70H,8-9,12-13,17-19,21,23-28,30-31H2,1-5H3/t32-,33+,36+,37-,41-,42+,43+,44+,45-,46-,47+,48-,49+,50+,54-,56+,57+,58-,59+/m0/s1. The number of aryl methyl sites for hydroxylation is 1. The first kappa shape index (κ1) is 50.3. The summed E-state index contributed by atoms with van der Waals surface area (Å²) in [6.45, 7) is 10.4. The number of ether oxygens (including phenoxy) is 1. The molecule has 0 radical (unpaired) electrons. The van der Waals surface area contributed by atoms with Gasteiger partial charge in [-0.25, -0.2) is 0 Å². The SMILES string of the molecule is C[C@H]1CCC2=CC[C@@H]3[C@@H](C[C@H]([C@H]4COC(=O)[C@@H]4c4cc[nH]c4)C#CC[C@H]4C[C@@]5(O)C6=C(NCC(=O)CCc7ccc(O)cc7)C(=O)[C@@H]7C[C@@H](O)[C@@H](O)C[C@]7(C)[C@H]6CC[C@]5(C)[C@H]4[C@@](C)(O)[C@H](O)C[C@H]3C)[C@@H]2C1. The van der Waals surface area contributed by atoms with Gasteiger partial charge >= 0.3 is 5.97 Å². The zero-order valence-corrected chi connectivity index (χ0v) is 42.4. The molecule has 0 unspecified atom stereocenters. The van der Waals surface area contributed by atoms with E-state index in [-0.39, 0.29) is 97.4 Å². The second kappa shape index (κ2) is 18.9. The van der Waals surface area contributed by atoms with Gasteiger partial charge in [-0.3, -0.25) is 14.4 Å². The maximum absolute atomic E-state index is 15.2. The molecule has 12 nitrogen and oxygen atoms in total. The first-order valence-electron chi connectivity index (χ1n) is 27.0. The van der Waals surface area contributed by atoms with Crippen LogP contribution in [0.15, 0.2) is 65.6 Å². The lowest BCUT2D eigenvalue weighted by molar-refractivity contribution is -0.183. The average Bonchev–Trinajstić information content (AvgIpc) is 4.05. The van der Waals surface area contributed by atoms with E-state index in [1.807, 2.05) is 32.3 Å². The molecule has 1 aliphatic heterocycles. The molecule has 5 fully saturated rings. The van der Waals surface area contributed by atoms with Crippen LogP contribution in [0, 0.1) is 87.8 Å². The quantitative estimate of drug-likeness (QED) is 0.0762. The van der Waals surface area contributed by atoms with Crippen molar-refractivity contribution < 1.29 is 49.8 Å². The number of benzene rings is 1. The van der Waals surface area contributed by atoms with Crippen molar-refractivity contribution in [3.63, 3.8) is 0 Å². The van der Waals surface area contributed by atoms with E-state index >= 15 is 4.79 Å². The molecule has 1 aromatic heterocycles. The number of Topliss-reactive ketones (excluding diaryl/α,β-unsaturated/α-hetero) is 2. The van der Waals surface area contributed by atoms with E-state index in [1.54, 1.807) is 31.2 Å². The predicted molar refractivity (Wildman–Crippen MR) is 267 cm³/mol. The molecule has 384 valence electrons. The van der Waals surface area contributed by atoms with E-state index in [0.717, 1.165) is 36.8 Å². The number of aliphatic hydroxyl groups excluding tert-OH is 3. The number of aliphatic hydroxyl groups is 5. The van der Waals surface area contributed by atoms with E-state index in [2.05, 4.69) is 42.1 Å². The summed E-state index contributed by atoms with van der Waals surface area (Å²) in [7, 11) is 0. The van der Waals surface area contributed by atoms with Crippen LogP contribution in [0.2, 0.25) is 0 Å². The number of allylic oxidation sites excluding steroid dienone is 3. The van der Waals surface area contributed by atoms with Gasteiger partial charge in [-0.05, 0) is 166 Å². The molecule has 7 aliphatic carbocycles. The fourth-order valence-corrected chi connectivity index (χ4v) is 16.9. The number of aromatic hydroxyl groups is 1. The van der Waals surface area contributed by atoms with E-state index in [4.69, 9.17) is 4.74 Å². The number of nitrogens with one attached hydrogen (secondary N) is 2. The van der Waals surface area contributed by atoms with Crippen molar-refractivity contribution in [2.45, 2.75) is 160 Å². The number of carbonyl (C=O) groups is 3. The van der Waals surface area contributed by atoms with Crippen molar-refractivity contribution in [2.24, 2.45) is 75.9 Å². The number of aromatic nitrogens is 1. The Morgan fingerprint density at radius 3 is 2.44 bits per heavy atom. The highest BCUT2D eigenvalue weighted by atomic mass is 16.5. The van der Waals surface area contributed by atoms with Gasteiger partial charge in [-0.15, -0.1) is 5.92 Å². The highest BCUT2D eigenvalue weighted by molar-refractivity contribution is 6.00. The summed E-state index contributed by atoms with van der Waals surface area (Å²) in [5.74, 6) is 5.31.